The second kappa shape index (κ2) is 6.41. The Balaban J connectivity index is 1.74. The summed E-state index contributed by atoms with van der Waals surface area (Å²) < 4.78 is 5.41. The molecular weight excluding hydrogens is 296 g/mol. The van der Waals surface area contributed by atoms with Crippen molar-refractivity contribution in [1.29, 1.82) is 0 Å². The second-order valence-electron chi connectivity index (χ2n) is 4.41. The lowest BCUT2D eigenvalue weighted by Gasteiger charge is -2.02. The summed E-state index contributed by atoms with van der Waals surface area (Å²) in [5, 5.41) is 18.2. The van der Waals surface area contributed by atoms with Crippen LogP contribution in [0, 0.1) is 11.8 Å². The zero-order valence-electron chi connectivity index (χ0n) is 11.7. The van der Waals surface area contributed by atoms with Crippen molar-refractivity contribution in [3.8, 4) is 23.5 Å². The van der Waals surface area contributed by atoms with E-state index in [0.717, 1.165) is 11.1 Å². The maximum absolute atomic E-state index is 10.9. The van der Waals surface area contributed by atoms with E-state index < -0.39 is 5.97 Å². The van der Waals surface area contributed by atoms with Crippen LogP contribution in [0.15, 0.2) is 48.8 Å². The minimum atomic E-state index is -1.22. The lowest BCUT2D eigenvalue weighted by molar-refractivity contribution is 0.0687. The number of nitrogens with zero attached hydrogens (tertiary/aromatic N) is 3. The van der Waals surface area contributed by atoms with Crippen LogP contribution in [-0.2, 0) is 0 Å². The number of aromatic amines is 1. The summed E-state index contributed by atoms with van der Waals surface area (Å²) in [6.07, 6.45) is 3.37. The molecular formula is C16H10N4O3. The number of H-pyrrole nitrogens is 1. The van der Waals surface area contributed by atoms with Gasteiger partial charge in [0.1, 0.15) is 5.75 Å². The van der Waals surface area contributed by atoms with Gasteiger partial charge in [0.15, 0.2) is 0 Å². The molecule has 7 heteroatoms. The van der Waals surface area contributed by atoms with Gasteiger partial charge in [-0.05, 0) is 36.4 Å². The number of carboxylic acids is 1. The minimum Gasteiger partial charge on any atom is -0.476 e. The molecule has 0 saturated heterocycles. The highest BCUT2D eigenvalue weighted by Crippen LogP contribution is 2.21. The van der Waals surface area contributed by atoms with E-state index in [9.17, 15) is 4.79 Å². The number of aromatic carboxylic acids is 1. The highest BCUT2D eigenvalue weighted by molar-refractivity contribution is 5.87. The van der Waals surface area contributed by atoms with E-state index in [0.29, 0.717) is 5.75 Å². The Bertz CT molecular complexity index is 877. The first-order valence-corrected chi connectivity index (χ1v) is 6.56. The molecule has 3 rings (SSSR count). The Morgan fingerprint density at radius 1 is 1.13 bits per heavy atom. The van der Waals surface area contributed by atoms with E-state index in [-0.39, 0.29) is 11.6 Å². The van der Waals surface area contributed by atoms with E-state index in [4.69, 9.17) is 9.84 Å². The molecule has 23 heavy (non-hydrogen) atoms. The van der Waals surface area contributed by atoms with Crippen LogP contribution in [0.4, 0.5) is 0 Å². The van der Waals surface area contributed by atoms with Crippen LogP contribution < -0.4 is 4.74 Å². The average Bonchev–Trinajstić information content (AvgIpc) is 3.04. The molecule has 0 atom stereocenters. The molecule has 0 spiro atoms. The van der Waals surface area contributed by atoms with E-state index >= 15 is 0 Å². The van der Waals surface area contributed by atoms with Gasteiger partial charge in [-0.15, -0.1) is 5.10 Å². The van der Waals surface area contributed by atoms with E-state index in [2.05, 4.69) is 32.2 Å². The largest absolute Gasteiger partial charge is 0.476 e. The third kappa shape index (κ3) is 3.51. The molecule has 0 fully saturated rings. The fourth-order valence-electron chi connectivity index (χ4n) is 1.74. The van der Waals surface area contributed by atoms with Crippen molar-refractivity contribution in [2.45, 2.75) is 0 Å². The molecule has 0 aliphatic heterocycles. The Labute approximate surface area is 131 Å². The monoisotopic (exact) mass is 306 g/mol. The molecule has 2 aromatic heterocycles. The van der Waals surface area contributed by atoms with Gasteiger partial charge in [0, 0.05) is 23.5 Å². The second-order valence-corrected chi connectivity index (χ2v) is 4.41. The number of nitrogens with one attached hydrogen (secondary N) is 1. The van der Waals surface area contributed by atoms with Crippen molar-refractivity contribution in [3.63, 3.8) is 0 Å². The number of hydrogen-bond acceptors (Lipinski definition) is 5. The predicted molar refractivity (Wildman–Crippen MR) is 80.1 cm³/mol. The molecule has 0 radical (unpaired) electrons. The fourth-order valence-corrected chi connectivity index (χ4v) is 1.74. The summed E-state index contributed by atoms with van der Waals surface area (Å²) in [5.41, 5.74) is 1.34. The number of pyridine rings is 1. The molecule has 0 amide bonds. The SMILES string of the molecule is O=C(O)c1nn[nH]c1Oc1ccc(C#Cc2cccnc2)cc1. The zero-order valence-corrected chi connectivity index (χ0v) is 11.7. The third-order valence-electron chi connectivity index (χ3n) is 2.81. The zero-order chi connectivity index (χ0) is 16.1. The van der Waals surface area contributed by atoms with Crippen molar-refractivity contribution in [2.24, 2.45) is 0 Å². The van der Waals surface area contributed by atoms with Crippen LogP contribution >= 0.6 is 0 Å². The minimum absolute atomic E-state index is 0.0216. The Morgan fingerprint density at radius 3 is 2.61 bits per heavy atom. The molecule has 0 aliphatic rings. The highest BCUT2D eigenvalue weighted by atomic mass is 16.5. The normalized spacial score (nSPS) is 9.74. The lowest BCUT2D eigenvalue weighted by Crippen LogP contribution is -1.99. The summed E-state index contributed by atoms with van der Waals surface area (Å²) in [4.78, 5) is 14.9. The first-order chi connectivity index (χ1) is 11.2. The fraction of sp³-hybridized carbons (Fsp3) is 0. The van der Waals surface area contributed by atoms with Crippen LogP contribution in [0.5, 0.6) is 11.6 Å². The number of hydrogen-bond donors (Lipinski definition) is 2. The predicted octanol–water partition coefficient (Wildman–Crippen LogP) is 2.09. The van der Waals surface area contributed by atoms with Crippen molar-refractivity contribution in [3.05, 3.63) is 65.6 Å². The van der Waals surface area contributed by atoms with Crippen molar-refractivity contribution in [2.75, 3.05) is 0 Å². The molecule has 7 nitrogen and oxygen atoms in total. The molecule has 3 aromatic rings. The summed E-state index contributed by atoms with van der Waals surface area (Å²) in [5.74, 6) is 5.21. The van der Waals surface area contributed by atoms with Gasteiger partial charge in [-0.3, -0.25) is 4.98 Å². The lowest BCUT2D eigenvalue weighted by atomic mass is 10.2. The van der Waals surface area contributed by atoms with Crippen molar-refractivity contribution >= 4 is 5.97 Å². The number of ether oxygens (including phenoxy) is 1. The van der Waals surface area contributed by atoms with Crippen LogP contribution in [0.25, 0.3) is 0 Å². The molecule has 112 valence electrons. The first-order valence-electron chi connectivity index (χ1n) is 6.56. The smallest absolute Gasteiger partial charge is 0.362 e. The van der Waals surface area contributed by atoms with Gasteiger partial charge in [0.05, 0.1) is 0 Å². The van der Waals surface area contributed by atoms with Gasteiger partial charge in [0.2, 0.25) is 5.69 Å². The van der Waals surface area contributed by atoms with Crippen molar-refractivity contribution < 1.29 is 14.6 Å². The van der Waals surface area contributed by atoms with Crippen LogP contribution in [-0.4, -0.2) is 31.5 Å². The standard InChI is InChI=1S/C16H10N4O3/c21-16(22)14-15(19-20-18-14)23-13-7-5-11(6-8-13)3-4-12-2-1-9-17-10-12/h1-2,5-10H,(H,21,22)(H,18,19,20). The van der Waals surface area contributed by atoms with E-state index in [1.807, 2.05) is 12.1 Å². The van der Waals surface area contributed by atoms with Crippen LogP contribution in [0.2, 0.25) is 0 Å². The summed E-state index contributed by atoms with van der Waals surface area (Å²) in [6.45, 7) is 0. The summed E-state index contributed by atoms with van der Waals surface area (Å²) >= 11 is 0. The topological polar surface area (TPSA) is 101 Å². The Morgan fingerprint density at radius 2 is 1.91 bits per heavy atom. The van der Waals surface area contributed by atoms with Crippen LogP contribution in [0.1, 0.15) is 21.6 Å². The molecule has 0 bridgehead atoms. The Kier molecular flexibility index (Phi) is 3.98. The summed E-state index contributed by atoms with van der Waals surface area (Å²) in [7, 11) is 0. The van der Waals surface area contributed by atoms with Gasteiger partial charge in [-0.25, -0.2) is 9.89 Å². The first kappa shape index (κ1) is 14.3. The molecule has 0 unspecified atom stereocenters. The number of rotatable bonds is 3. The van der Waals surface area contributed by atoms with Gasteiger partial charge < -0.3 is 9.84 Å². The number of carboxylic acid groups (broad SMARTS) is 1. The van der Waals surface area contributed by atoms with Crippen molar-refractivity contribution in [1.82, 2.24) is 20.4 Å². The molecule has 0 aliphatic carbocycles. The molecule has 2 heterocycles. The number of aromatic nitrogens is 4. The van der Waals surface area contributed by atoms with Gasteiger partial charge >= 0.3 is 5.97 Å². The summed E-state index contributed by atoms with van der Waals surface area (Å²) in [6, 6.07) is 10.6. The van der Waals surface area contributed by atoms with Gasteiger partial charge in [-0.2, -0.15) is 0 Å². The number of carbonyl (C=O) groups is 1. The van der Waals surface area contributed by atoms with E-state index in [1.165, 1.54) is 0 Å². The van der Waals surface area contributed by atoms with Gasteiger partial charge in [0.25, 0.3) is 5.88 Å². The Hall–Kier alpha value is -3.66. The van der Waals surface area contributed by atoms with Crippen LogP contribution in [0.3, 0.4) is 0 Å². The molecule has 2 N–H and O–H groups in total. The van der Waals surface area contributed by atoms with Gasteiger partial charge in [-0.1, -0.05) is 17.1 Å². The maximum Gasteiger partial charge on any atom is 0.362 e. The average molecular weight is 306 g/mol. The quantitative estimate of drug-likeness (QED) is 0.719. The third-order valence-corrected chi connectivity index (χ3v) is 2.81. The maximum atomic E-state index is 10.9. The molecule has 0 saturated carbocycles. The molecule has 1 aromatic carbocycles. The van der Waals surface area contributed by atoms with E-state index in [1.54, 1.807) is 36.7 Å². The number of benzene rings is 1. The highest BCUT2D eigenvalue weighted by Gasteiger charge is 2.16.